The van der Waals surface area contributed by atoms with Crippen molar-refractivity contribution in [1.29, 1.82) is 0 Å². The fourth-order valence-electron chi connectivity index (χ4n) is 1.99. The second-order valence-corrected chi connectivity index (χ2v) is 4.91. The van der Waals surface area contributed by atoms with Gasteiger partial charge in [0.15, 0.2) is 0 Å². The molecule has 0 N–H and O–H groups in total. The van der Waals surface area contributed by atoms with Gasteiger partial charge in [0.2, 0.25) is 0 Å². The Morgan fingerprint density at radius 2 is 1.74 bits per heavy atom. The molecule has 19 heavy (non-hydrogen) atoms. The van der Waals surface area contributed by atoms with Crippen molar-refractivity contribution in [1.82, 2.24) is 0 Å². The van der Waals surface area contributed by atoms with E-state index in [1.807, 2.05) is 18.0 Å². The lowest BCUT2D eigenvalue weighted by atomic mass is 10.1. The maximum absolute atomic E-state index is 13.7. The Balaban J connectivity index is 2.22. The summed E-state index contributed by atoms with van der Waals surface area (Å²) in [4.78, 5) is 1.95. The van der Waals surface area contributed by atoms with Crippen LogP contribution in [0, 0.1) is 11.6 Å². The Morgan fingerprint density at radius 1 is 1.05 bits per heavy atom. The number of hydrogen-bond donors (Lipinski definition) is 0. The first-order chi connectivity index (χ1) is 9.11. The molecule has 0 amide bonds. The van der Waals surface area contributed by atoms with Gasteiger partial charge in [-0.2, -0.15) is 0 Å². The van der Waals surface area contributed by atoms with Gasteiger partial charge in [-0.25, -0.2) is 8.78 Å². The zero-order valence-corrected chi connectivity index (χ0v) is 12.1. The van der Waals surface area contributed by atoms with Gasteiger partial charge >= 0.3 is 0 Å². The second-order valence-electron chi connectivity index (χ2n) is 4.35. The van der Waals surface area contributed by atoms with Gasteiger partial charge in [-0.3, -0.25) is 0 Å². The molecule has 0 fully saturated rings. The van der Waals surface area contributed by atoms with Gasteiger partial charge in [-0.05, 0) is 29.8 Å². The highest BCUT2D eigenvalue weighted by molar-refractivity contribution is 9.08. The Bertz CT molecular complexity index is 555. The lowest BCUT2D eigenvalue weighted by molar-refractivity contribution is 0.616. The average molecular weight is 326 g/mol. The lowest BCUT2D eigenvalue weighted by Gasteiger charge is -2.22. The van der Waals surface area contributed by atoms with Gasteiger partial charge < -0.3 is 4.90 Å². The van der Waals surface area contributed by atoms with Gasteiger partial charge in [-0.15, -0.1) is 0 Å². The molecular formula is C15H14BrF2N. The normalized spacial score (nSPS) is 10.5. The van der Waals surface area contributed by atoms with E-state index in [4.69, 9.17) is 0 Å². The molecular weight excluding hydrogens is 312 g/mol. The van der Waals surface area contributed by atoms with Crippen LogP contribution in [0.3, 0.4) is 0 Å². The first-order valence-electron chi connectivity index (χ1n) is 5.90. The zero-order chi connectivity index (χ0) is 13.8. The van der Waals surface area contributed by atoms with E-state index >= 15 is 0 Å². The molecule has 2 rings (SSSR count). The third-order valence-electron chi connectivity index (χ3n) is 2.97. The number of benzene rings is 2. The van der Waals surface area contributed by atoms with Crippen molar-refractivity contribution in [3.05, 3.63) is 65.2 Å². The summed E-state index contributed by atoms with van der Waals surface area (Å²) in [5.74, 6) is -0.473. The molecule has 0 atom stereocenters. The predicted octanol–water partition coefficient (Wildman–Crippen LogP) is 4.50. The average Bonchev–Trinajstić information content (AvgIpc) is 2.41. The molecule has 0 heterocycles. The molecule has 0 aliphatic rings. The van der Waals surface area contributed by atoms with Crippen LogP contribution in [-0.4, -0.2) is 7.05 Å². The quantitative estimate of drug-likeness (QED) is 0.748. The highest BCUT2D eigenvalue weighted by Crippen LogP contribution is 2.25. The number of halogens is 3. The van der Waals surface area contributed by atoms with E-state index in [2.05, 4.69) is 15.9 Å². The third-order valence-corrected chi connectivity index (χ3v) is 3.53. The van der Waals surface area contributed by atoms with E-state index < -0.39 is 0 Å². The van der Waals surface area contributed by atoms with E-state index in [0.717, 1.165) is 11.3 Å². The van der Waals surface area contributed by atoms with Crippen molar-refractivity contribution in [3.63, 3.8) is 0 Å². The third kappa shape index (κ3) is 3.32. The van der Waals surface area contributed by atoms with Crippen molar-refractivity contribution >= 4 is 21.6 Å². The molecule has 4 heteroatoms. The van der Waals surface area contributed by atoms with Crippen molar-refractivity contribution in [2.24, 2.45) is 0 Å². The number of anilines is 1. The minimum atomic E-state index is -0.252. The Kier molecular flexibility index (Phi) is 4.53. The minimum Gasteiger partial charge on any atom is -0.370 e. The van der Waals surface area contributed by atoms with Crippen LogP contribution in [-0.2, 0) is 11.9 Å². The predicted molar refractivity (Wildman–Crippen MR) is 77.5 cm³/mol. The molecule has 0 aliphatic heterocycles. The fraction of sp³-hybridized carbons (Fsp3) is 0.200. The SMILES string of the molecule is CN(Cc1ccc(F)cc1)c1cccc(F)c1CBr. The van der Waals surface area contributed by atoms with Crippen molar-refractivity contribution in [3.8, 4) is 0 Å². The molecule has 0 radical (unpaired) electrons. The fourth-order valence-corrected chi connectivity index (χ4v) is 2.54. The maximum atomic E-state index is 13.7. The number of hydrogen-bond acceptors (Lipinski definition) is 1. The largest absolute Gasteiger partial charge is 0.370 e. The van der Waals surface area contributed by atoms with E-state index in [1.54, 1.807) is 18.2 Å². The molecule has 2 aromatic rings. The summed E-state index contributed by atoms with van der Waals surface area (Å²) in [6.07, 6.45) is 0. The Hall–Kier alpha value is -1.42. The lowest BCUT2D eigenvalue weighted by Crippen LogP contribution is -2.18. The highest BCUT2D eigenvalue weighted by atomic mass is 79.9. The van der Waals surface area contributed by atoms with Crippen LogP contribution in [0.15, 0.2) is 42.5 Å². The van der Waals surface area contributed by atoms with Crippen LogP contribution in [0.25, 0.3) is 0 Å². The number of rotatable bonds is 4. The van der Waals surface area contributed by atoms with Gasteiger partial charge in [0.1, 0.15) is 11.6 Å². The highest BCUT2D eigenvalue weighted by Gasteiger charge is 2.11. The van der Waals surface area contributed by atoms with Gasteiger partial charge in [0.25, 0.3) is 0 Å². The van der Waals surface area contributed by atoms with Crippen LogP contribution < -0.4 is 4.90 Å². The second kappa shape index (κ2) is 6.15. The number of nitrogens with zero attached hydrogens (tertiary/aromatic N) is 1. The Morgan fingerprint density at radius 3 is 2.37 bits per heavy atom. The van der Waals surface area contributed by atoms with Crippen LogP contribution in [0.5, 0.6) is 0 Å². The van der Waals surface area contributed by atoms with E-state index in [9.17, 15) is 8.78 Å². The number of alkyl halides is 1. The summed E-state index contributed by atoms with van der Waals surface area (Å²) in [5, 5.41) is 0.461. The van der Waals surface area contributed by atoms with Crippen LogP contribution >= 0.6 is 15.9 Å². The molecule has 0 saturated carbocycles. The monoisotopic (exact) mass is 325 g/mol. The van der Waals surface area contributed by atoms with E-state index in [0.29, 0.717) is 17.4 Å². The van der Waals surface area contributed by atoms with E-state index in [1.165, 1.54) is 18.2 Å². The van der Waals surface area contributed by atoms with Gasteiger partial charge in [0.05, 0.1) is 0 Å². The molecule has 1 nitrogen and oxygen atoms in total. The molecule has 0 aliphatic carbocycles. The molecule has 0 saturated heterocycles. The van der Waals surface area contributed by atoms with Crippen molar-refractivity contribution in [2.75, 3.05) is 11.9 Å². The zero-order valence-electron chi connectivity index (χ0n) is 10.5. The van der Waals surface area contributed by atoms with Crippen LogP contribution in [0.4, 0.5) is 14.5 Å². The first kappa shape index (κ1) is 14.0. The van der Waals surface area contributed by atoms with Gasteiger partial charge in [-0.1, -0.05) is 34.1 Å². The first-order valence-corrected chi connectivity index (χ1v) is 7.03. The minimum absolute atomic E-state index is 0.222. The summed E-state index contributed by atoms with van der Waals surface area (Å²) >= 11 is 3.31. The summed E-state index contributed by atoms with van der Waals surface area (Å²) < 4.78 is 26.5. The smallest absolute Gasteiger partial charge is 0.129 e. The standard InChI is InChI=1S/C15H14BrF2N/c1-19(10-11-5-7-12(17)8-6-11)15-4-2-3-14(18)13(15)9-16/h2-8H,9-10H2,1H3. The topological polar surface area (TPSA) is 3.24 Å². The van der Waals surface area contributed by atoms with Crippen molar-refractivity contribution < 1.29 is 8.78 Å². The Labute approximate surface area is 120 Å². The summed E-state index contributed by atoms with van der Waals surface area (Å²) in [6, 6.07) is 11.4. The van der Waals surface area contributed by atoms with Gasteiger partial charge in [0, 0.05) is 30.2 Å². The van der Waals surface area contributed by atoms with Crippen LogP contribution in [0.1, 0.15) is 11.1 Å². The van der Waals surface area contributed by atoms with E-state index in [-0.39, 0.29) is 11.6 Å². The molecule has 0 unspecified atom stereocenters. The molecule has 0 bridgehead atoms. The molecule has 0 spiro atoms. The van der Waals surface area contributed by atoms with Crippen molar-refractivity contribution in [2.45, 2.75) is 11.9 Å². The summed E-state index contributed by atoms with van der Waals surface area (Å²) in [6.45, 7) is 0.601. The maximum Gasteiger partial charge on any atom is 0.129 e. The summed E-state index contributed by atoms with van der Waals surface area (Å²) in [5.41, 5.74) is 2.45. The van der Waals surface area contributed by atoms with Crippen LogP contribution in [0.2, 0.25) is 0 Å². The molecule has 2 aromatic carbocycles. The molecule has 0 aromatic heterocycles. The molecule has 100 valence electrons. The summed E-state index contributed by atoms with van der Waals surface area (Å²) in [7, 11) is 1.89.